The number of carbonyl (C=O) groups is 1. The van der Waals surface area contributed by atoms with E-state index in [2.05, 4.69) is 62.2 Å². The molecule has 4 rings (SSSR count). The van der Waals surface area contributed by atoms with Crippen LogP contribution in [0, 0.1) is 27.7 Å². The minimum absolute atomic E-state index is 0.0384. The van der Waals surface area contributed by atoms with Gasteiger partial charge in [-0.3, -0.25) is 9.69 Å². The molecule has 6 nitrogen and oxygen atoms in total. The molecular weight excluding hydrogens is 518 g/mol. The number of carbonyl (C=O) groups excluding carboxylic acids is 1. The van der Waals surface area contributed by atoms with Gasteiger partial charge in [0.15, 0.2) is 0 Å². The van der Waals surface area contributed by atoms with Crippen LogP contribution in [0.5, 0.6) is 0 Å². The molecule has 0 fully saturated rings. The Labute approximate surface area is 240 Å². The van der Waals surface area contributed by atoms with Gasteiger partial charge in [0.1, 0.15) is 0 Å². The summed E-state index contributed by atoms with van der Waals surface area (Å²) in [6.45, 7) is 17.2. The first-order chi connectivity index (χ1) is 18.8. The summed E-state index contributed by atoms with van der Waals surface area (Å²) in [5, 5.41) is 3.09. The predicted molar refractivity (Wildman–Crippen MR) is 162 cm³/mol. The topological polar surface area (TPSA) is 69.7 Å². The van der Waals surface area contributed by atoms with Gasteiger partial charge in [-0.1, -0.05) is 53.6 Å². The molecule has 40 heavy (non-hydrogen) atoms. The van der Waals surface area contributed by atoms with E-state index in [0.717, 1.165) is 40.9 Å². The second-order valence-corrected chi connectivity index (χ2v) is 14.0. The predicted octanol–water partition coefficient (Wildman–Crippen LogP) is 5.70. The van der Waals surface area contributed by atoms with E-state index in [1.165, 1.54) is 11.1 Å². The molecular formula is C33H43N3O3S. The van der Waals surface area contributed by atoms with Crippen LogP contribution in [0.1, 0.15) is 70.1 Å². The van der Waals surface area contributed by atoms with Gasteiger partial charge in [0.25, 0.3) is 5.91 Å². The van der Waals surface area contributed by atoms with Crippen molar-refractivity contribution in [1.82, 2.24) is 14.5 Å². The number of nitrogens with zero attached hydrogens (tertiary/aromatic N) is 2. The third-order valence-corrected chi connectivity index (χ3v) is 9.91. The number of hydrogen-bond donors (Lipinski definition) is 1. The molecule has 1 heterocycles. The Balaban J connectivity index is 1.40. The number of aryl methyl sites for hydroxylation is 4. The van der Waals surface area contributed by atoms with Crippen molar-refractivity contribution in [2.45, 2.75) is 78.4 Å². The Morgan fingerprint density at radius 3 is 2.17 bits per heavy atom. The normalized spacial score (nSPS) is 14.3. The zero-order chi connectivity index (χ0) is 29.2. The molecule has 1 aliphatic heterocycles. The van der Waals surface area contributed by atoms with Crippen molar-refractivity contribution in [2.24, 2.45) is 0 Å². The van der Waals surface area contributed by atoms with Gasteiger partial charge in [-0.05, 0) is 94.8 Å². The van der Waals surface area contributed by atoms with Crippen molar-refractivity contribution in [3.8, 4) is 0 Å². The molecule has 3 aromatic carbocycles. The summed E-state index contributed by atoms with van der Waals surface area (Å²) in [7, 11) is -3.62. The van der Waals surface area contributed by atoms with Crippen molar-refractivity contribution < 1.29 is 13.2 Å². The van der Waals surface area contributed by atoms with Crippen LogP contribution in [-0.2, 0) is 29.5 Å². The second kappa shape index (κ2) is 11.9. The average molecular weight is 562 g/mol. The molecule has 0 unspecified atom stereocenters. The molecule has 0 saturated carbocycles. The van der Waals surface area contributed by atoms with Crippen molar-refractivity contribution >= 4 is 15.9 Å². The summed E-state index contributed by atoms with van der Waals surface area (Å²) in [5.41, 5.74) is 7.67. The van der Waals surface area contributed by atoms with E-state index in [9.17, 15) is 13.2 Å². The molecule has 3 aromatic rings. The van der Waals surface area contributed by atoms with Crippen molar-refractivity contribution in [3.63, 3.8) is 0 Å². The summed E-state index contributed by atoms with van der Waals surface area (Å²) < 4.78 is 28.7. The zero-order valence-corrected chi connectivity index (χ0v) is 25.8. The molecule has 0 spiro atoms. The lowest BCUT2D eigenvalue weighted by Gasteiger charge is -2.36. The van der Waals surface area contributed by atoms with Gasteiger partial charge in [-0.25, -0.2) is 8.42 Å². The van der Waals surface area contributed by atoms with Crippen LogP contribution < -0.4 is 5.32 Å². The number of benzene rings is 3. The maximum absolute atomic E-state index is 13.6. The maximum atomic E-state index is 13.6. The van der Waals surface area contributed by atoms with E-state index in [0.29, 0.717) is 36.5 Å². The van der Waals surface area contributed by atoms with Crippen LogP contribution >= 0.6 is 0 Å². The second-order valence-electron chi connectivity index (χ2n) is 12.1. The Morgan fingerprint density at radius 1 is 0.900 bits per heavy atom. The van der Waals surface area contributed by atoms with E-state index in [1.807, 2.05) is 45.0 Å². The highest BCUT2D eigenvalue weighted by Gasteiger charge is 2.31. The summed E-state index contributed by atoms with van der Waals surface area (Å²) >= 11 is 0. The first-order valence-corrected chi connectivity index (χ1v) is 15.5. The molecule has 1 aliphatic rings. The van der Waals surface area contributed by atoms with Crippen LogP contribution in [0.25, 0.3) is 0 Å². The maximum Gasteiger partial charge on any atom is 0.251 e. The van der Waals surface area contributed by atoms with Crippen molar-refractivity contribution in [3.05, 3.63) is 99.1 Å². The number of rotatable bonds is 8. The smallest absolute Gasteiger partial charge is 0.251 e. The summed E-state index contributed by atoms with van der Waals surface area (Å²) in [6.07, 6.45) is 0.577. The molecule has 0 aliphatic carbocycles. The van der Waals surface area contributed by atoms with E-state index in [4.69, 9.17) is 0 Å². The minimum atomic E-state index is -3.62. The van der Waals surface area contributed by atoms with Crippen LogP contribution in [0.2, 0.25) is 0 Å². The van der Waals surface area contributed by atoms with Gasteiger partial charge in [-0.2, -0.15) is 4.31 Å². The van der Waals surface area contributed by atoms with Gasteiger partial charge >= 0.3 is 0 Å². The molecule has 214 valence electrons. The minimum Gasteiger partial charge on any atom is -0.351 e. The van der Waals surface area contributed by atoms with Gasteiger partial charge in [0.05, 0.1) is 4.90 Å². The van der Waals surface area contributed by atoms with Gasteiger partial charge in [-0.15, -0.1) is 0 Å². The Hall–Kier alpha value is -3.00. The van der Waals surface area contributed by atoms with E-state index in [-0.39, 0.29) is 11.4 Å². The average Bonchev–Trinajstić information content (AvgIpc) is 2.87. The molecule has 0 saturated heterocycles. The highest BCUT2D eigenvalue weighted by Crippen LogP contribution is 2.30. The lowest BCUT2D eigenvalue weighted by Crippen LogP contribution is -2.45. The molecule has 0 aromatic heterocycles. The summed E-state index contributed by atoms with van der Waals surface area (Å²) in [6, 6.07) is 18.1. The lowest BCUT2D eigenvalue weighted by atomic mass is 9.98. The fourth-order valence-electron chi connectivity index (χ4n) is 5.55. The molecule has 0 bridgehead atoms. The van der Waals surface area contributed by atoms with Crippen LogP contribution in [0.4, 0.5) is 0 Å². The van der Waals surface area contributed by atoms with Crippen molar-refractivity contribution in [2.75, 3.05) is 19.6 Å². The van der Waals surface area contributed by atoms with E-state index >= 15 is 0 Å². The van der Waals surface area contributed by atoms with Crippen molar-refractivity contribution in [1.29, 1.82) is 0 Å². The number of nitrogens with one attached hydrogen (secondary N) is 1. The molecule has 0 atom stereocenters. The Morgan fingerprint density at radius 2 is 1.55 bits per heavy atom. The molecule has 7 heteroatoms. The van der Waals surface area contributed by atoms with Gasteiger partial charge in [0, 0.05) is 43.8 Å². The first kappa shape index (κ1) is 30.0. The van der Waals surface area contributed by atoms with Gasteiger partial charge in [0.2, 0.25) is 10.0 Å². The summed E-state index contributed by atoms with van der Waals surface area (Å²) in [4.78, 5) is 15.8. The highest BCUT2D eigenvalue weighted by atomic mass is 32.2. The Bertz CT molecular complexity index is 1470. The quantitative estimate of drug-likeness (QED) is 0.383. The third-order valence-electron chi connectivity index (χ3n) is 7.76. The molecule has 0 radical (unpaired) electrons. The summed E-state index contributed by atoms with van der Waals surface area (Å²) in [5.74, 6) is -0.104. The number of fused-ring (bicyclic) bond motifs is 1. The van der Waals surface area contributed by atoms with E-state index < -0.39 is 10.0 Å². The number of hydrogen-bond acceptors (Lipinski definition) is 4. The molecule has 1 amide bonds. The standard InChI is InChI=1S/C33H43N3O3S/c1-23-8-10-27(11-9-23)21-35(33(5,6)7)17-15-34-32(37)29-12-13-30-22-36(16-14-28(30)20-29)40(38,39)31-25(3)18-24(2)19-26(31)4/h8-13,18-20H,14-17,21-22H2,1-7H3,(H,34,37). The fourth-order valence-corrected chi connectivity index (χ4v) is 7.38. The number of amides is 1. The van der Waals surface area contributed by atoms with Crippen LogP contribution in [-0.4, -0.2) is 48.7 Å². The third kappa shape index (κ3) is 6.82. The Kier molecular flexibility index (Phi) is 8.88. The van der Waals surface area contributed by atoms with E-state index in [1.54, 1.807) is 10.4 Å². The van der Waals surface area contributed by atoms with Gasteiger partial charge < -0.3 is 5.32 Å². The lowest BCUT2D eigenvalue weighted by molar-refractivity contribution is 0.0921. The fraction of sp³-hybridized carbons (Fsp3) is 0.424. The zero-order valence-electron chi connectivity index (χ0n) is 25.0. The molecule has 1 N–H and O–H groups in total. The number of sulfonamides is 1. The SMILES string of the molecule is Cc1ccc(CN(CCNC(=O)c2ccc3c(c2)CCN(S(=O)(=O)c2c(C)cc(C)cc2C)C3)C(C)(C)C)cc1. The van der Waals surface area contributed by atoms with Crippen LogP contribution in [0.15, 0.2) is 59.5 Å². The monoisotopic (exact) mass is 561 g/mol. The first-order valence-electron chi connectivity index (χ1n) is 14.0. The highest BCUT2D eigenvalue weighted by molar-refractivity contribution is 7.89. The largest absolute Gasteiger partial charge is 0.351 e. The van der Waals surface area contributed by atoms with Crippen LogP contribution in [0.3, 0.4) is 0 Å².